The monoisotopic (exact) mass is 509 g/mol. The fourth-order valence-corrected chi connectivity index (χ4v) is 3.14. The maximum absolute atomic E-state index is 6.19. The molecule has 0 spiro atoms. The molecule has 1 fully saturated rings. The third-order valence-corrected chi connectivity index (χ3v) is 5.10. The van der Waals surface area contributed by atoms with Crippen molar-refractivity contribution in [2.24, 2.45) is 4.99 Å². The van der Waals surface area contributed by atoms with E-state index in [0.717, 1.165) is 44.3 Å². The molecule has 0 radical (unpaired) electrons. The van der Waals surface area contributed by atoms with Gasteiger partial charge in [-0.3, -0.25) is 9.89 Å². The van der Waals surface area contributed by atoms with Gasteiger partial charge in [0, 0.05) is 39.3 Å². The van der Waals surface area contributed by atoms with E-state index in [1.807, 2.05) is 24.3 Å². The van der Waals surface area contributed by atoms with Gasteiger partial charge in [0.2, 0.25) is 0 Å². The fraction of sp³-hybridized carbons (Fsp3) is 0.632. The van der Waals surface area contributed by atoms with Crippen LogP contribution in [0.3, 0.4) is 0 Å². The molecule has 0 saturated carbocycles. The van der Waals surface area contributed by atoms with E-state index < -0.39 is 0 Å². The van der Waals surface area contributed by atoms with E-state index in [9.17, 15) is 0 Å². The lowest BCUT2D eigenvalue weighted by atomic mass is 10.2. The molecule has 2 atom stereocenters. The van der Waals surface area contributed by atoms with Crippen LogP contribution < -0.4 is 15.4 Å². The van der Waals surface area contributed by atoms with Crippen molar-refractivity contribution in [2.45, 2.75) is 25.5 Å². The summed E-state index contributed by atoms with van der Waals surface area (Å²) in [6, 6.07) is 8.05. The minimum atomic E-state index is 0. The van der Waals surface area contributed by atoms with Crippen molar-refractivity contribution in [2.75, 3.05) is 53.9 Å². The van der Waals surface area contributed by atoms with E-state index in [4.69, 9.17) is 16.3 Å². The zero-order valence-corrected chi connectivity index (χ0v) is 19.8. The van der Waals surface area contributed by atoms with Crippen LogP contribution in [0.5, 0.6) is 5.75 Å². The van der Waals surface area contributed by atoms with Gasteiger partial charge in [0.1, 0.15) is 11.9 Å². The maximum atomic E-state index is 6.19. The van der Waals surface area contributed by atoms with E-state index in [0.29, 0.717) is 17.6 Å². The van der Waals surface area contributed by atoms with Gasteiger partial charge in [-0.2, -0.15) is 0 Å². The predicted molar refractivity (Wildman–Crippen MR) is 125 cm³/mol. The van der Waals surface area contributed by atoms with Crippen molar-refractivity contribution >= 4 is 41.5 Å². The number of aliphatic imine (C=N–C) groups is 1. The van der Waals surface area contributed by atoms with E-state index >= 15 is 0 Å². The minimum absolute atomic E-state index is 0. The van der Waals surface area contributed by atoms with E-state index in [2.05, 4.69) is 46.4 Å². The van der Waals surface area contributed by atoms with Crippen molar-refractivity contribution in [1.29, 1.82) is 0 Å². The molecule has 6 nitrogen and oxygen atoms in total. The third kappa shape index (κ3) is 8.01. The van der Waals surface area contributed by atoms with Crippen molar-refractivity contribution in [3.8, 4) is 5.75 Å². The molecule has 2 N–H and O–H groups in total. The number of guanidine groups is 1. The highest BCUT2D eigenvalue weighted by molar-refractivity contribution is 14.0. The lowest BCUT2D eigenvalue weighted by molar-refractivity contribution is 0.116. The fourth-order valence-electron chi connectivity index (χ4n) is 2.96. The molecule has 1 aromatic rings. The smallest absolute Gasteiger partial charge is 0.191 e. The Morgan fingerprint density at radius 1 is 1.30 bits per heavy atom. The van der Waals surface area contributed by atoms with Crippen LogP contribution in [0.2, 0.25) is 5.02 Å². The molecular formula is C19H33ClIN5O. The number of halogens is 2. The first-order chi connectivity index (χ1) is 12.5. The zero-order valence-electron chi connectivity index (χ0n) is 16.7. The van der Waals surface area contributed by atoms with Crippen molar-refractivity contribution < 1.29 is 4.74 Å². The molecule has 0 bridgehead atoms. The molecule has 2 rings (SSSR count). The summed E-state index contributed by atoms with van der Waals surface area (Å²) in [6.45, 7) is 6.92. The highest BCUT2D eigenvalue weighted by Gasteiger charge is 2.22. The number of hydrogen-bond donors (Lipinski definition) is 2. The van der Waals surface area contributed by atoms with Crippen molar-refractivity contribution in [1.82, 2.24) is 20.4 Å². The lowest BCUT2D eigenvalue weighted by Crippen LogP contribution is -2.55. The SMILES string of the molecule is CCC(CNC(=NC)NCC1CN(C)CCN1C)Oc1ccccc1Cl.I. The minimum Gasteiger partial charge on any atom is -0.487 e. The van der Waals surface area contributed by atoms with Gasteiger partial charge in [0.25, 0.3) is 0 Å². The summed E-state index contributed by atoms with van der Waals surface area (Å²) in [5.41, 5.74) is 0. The summed E-state index contributed by atoms with van der Waals surface area (Å²) in [6.07, 6.45) is 0.905. The van der Waals surface area contributed by atoms with Crippen LogP contribution in [0.25, 0.3) is 0 Å². The Morgan fingerprint density at radius 3 is 2.70 bits per heavy atom. The average molecular weight is 510 g/mol. The highest BCUT2D eigenvalue weighted by atomic mass is 127. The van der Waals surface area contributed by atoms with Crippen LogP contribution >= 0.6 is 35.6 Å². The second-order valence-corrected chi connectivity index (χ2v) is 7.22. The first-order valence-electron chi connectivity index (χ1n) is 9.28. The predicted octanol–water partition coefficient (Wildman–Crippen LogP) is 2.53. The van der Waals surface area contributed by atoms with Gasteiger partial charge in [-0.25, -0.2) is 0 Å². The quantitative estimate of drug-likeness (QED) is 0.336. The van der Waals surface area contributed by atoms with Crippen LogP contribution in [0, 0.1) is 0 Å². The summed E-state index contributed by atoms with van der Waals surface area (Å²) >= 11 is 6.19. The van der Waals surface area contributed by atoms with Crippen LogP contribution in [-0.4, -0.2) is 81.8 Å². The van der Waals surface area contributed by atoms with Gasteiger partial charge in [0.05, 0.1) is 11.6 Å². The largest absolute Gasteiger partial charge is 0.487 e. The number of benzene rings is 1. The van der Waals surface area contributed by atoms with Gasteiger partial charge in [0.15, 0.2) is 5.96 Å². The molecule has 27 heavy (non-hydrogen) atoms. The third-order valence-electron chi connectivity index (χ3n) is 4.79. The number of ether oxygens (including phenoxy) is 1. The summed E-state index contributed by atoms with van der Waals surface area (Å²) in [5.74, 6) is 1.52. The van der Waals surface area contributed by atoms with Crippen molar-refractivity contribution in [3.63, 3.8) is 0 Å². The molecule has 1 aliphatic heterocycles. The van der Waals surface area contributed by atoms with Crippen LogP contribution in [0.1, 0.15) is 13.3 Å². The van der Waals surface area contributed by atoms with Crippen LogP contribution in [0.4, 0.5) is 0 Å². The van der Waals surface area contributed by atoms with Gasteiger partial charge < -0.3 is 20.3 Å². The van der Waals surface area contributed by atoms with Gasteiger partial charge in [-0.05, 0) is 32.6 Å². The summed E-state index contributed by atoms with van der Waals surface area (Å²) in [5, 5.41) is 7.44. The number of hydrogen-bond acceptors (Lipinski definition) is 4. The van der Waals surface area contributed by atoms with Gasteiger partial charge in [-0.15, -0.1) is 24.0 Å². The Balaban J connectivity index is 0.00000364. The highest BCUT2D eigenvalue weighted by Crippen LogP contribution is 2.24. The Bertz CT molecular complexity index is 589. The molecule has 1 heterocycles. The molecule has 1 saturated heterocycles. The lowest BCUT2D eigenvalue weighted by Gasteiger charge is -2.38. The van der Waals surface area contributed by atoms with Crippen molar-refractivity contribution in [3.05, 3.63) is 29.3 Å². The standard InChI is InChI=1S/C19H32ClN5O.HI/c1-5-16(26-18-9-7-6-8-17(18)20)13-23-19(21-2)22-12-15-14-24(3)10-11-25(15)4;/h6-9,15-16H,5,10-14H2,1-4H3,(H2,21,22,23);1H. The van der Waals surface area contributed by atoms with E-state index in [-0.39, 0.29) is 30.1 Å². The summed E-state index contributed by atoms with van der Waals surface area (Å²) in [4.78, 5) is 9.09. The topological polar surface area (TPSA) is 52.1 Å². The Kier molecular flexibility index (Phi) is 11.4. The molecule has 1 aliphatic rings. The van der Waals surface area contributed by atoms with E-state index in [1.54, 1.807) is 7.05 Å². The zero-order chi connectivity index (χ0) is 18.9. The first kappa shape index (κ1) is 24.3. The first-order valence-corrected chi connectivity index (χ1v) is 9.65. The number of likely N-dealkylation sites (N-methyl/N-ethyl adjacent to an activating group) is 2. The number of nitrogens with one attached hydrogen (secondary N) is 2. The molecule has 1 aromatic carbocycles. The summed E-state index contributed by atoms with van der Waals surface area (Å²) in [7, 11) is 6.15. The normalized spacial score (nSPS) is 19.9. The molecule has 154 valence electrons. The molecule has 2 unspecified atom stereocenters. The van der Waals surface area contributed by atoms with Crippen LogP contribution in [-0.2, 0) is 0 Å². The second kappa shape index (κ2) is 12.6. The number of piperazine rings is 1. The van der Waals surface area contributed by atoms with Gasteiger partial charge >= 0.3 is 0 Å². The van der Waals surface area contributed by atoms with Gasteiger partial charge in [-0.1, -0.05) is 30.7 Å². The number of para-hydroxylation sites is 1. The number of rotatable bonds is 7. The maximum Gasteiger partial charge on any atom is 0.191 e. The summed E-state index contributed by atoms with van der Waals surface area (Å²) < 4.78 is 6.02. The Hall–Kier alpha value is -0.770. The molecule has 0 aliphatic carbocycles. The second-order valence-electron chi connectivity index (χ2n) is 6.81. The molecular weight excluding hydrogens is 477 g/mol. The molecule has 0 aromatic heterocycles. The number of nitrogens with zero attached hydrogens (tertiary/aromatic N) is 3. The molecule has 8 heteroatoms. The Morgan fingerprint density at radius 2 is 2.04 bits per heavy atom. The van der Waals surface area contributed by atoms with E-state index in [1.165, 1.54) is 0 Å². The van der Waals surface area contributed by atoms with Crippen LogP contribution in [0.15, 0.2) is 29.3 Å². The Labute approximate surface area is 185 Å². The molecule has 0 amide bonds. The average Bonchev–Trinajstić information content (AvgIpc) is 2.64.